The van der Waals surface area contributed by atoms with E-state index in [0.717, 1.165) is 5.69 Å². The first kappa shape index (κ1) is 18.1. The third-order valence-corrected chi connectivity index (χ3v) is 4.91. The molecule has 0 radical (unpaired) electrons. The summed E-state index contributed by atoms with van der Waals surface area (Å²) in [5, 5.41) is 0.543. The lowest BCUT2D eigenvalue weighted by Crippen LogP contribution is -2.41. The van der Waals surface area contributed by atoms with E-state index in [4.69, 9.17) is 30.5 Å². The molecule has 2 heterocycles. The number of fused-ring (bicyclic) bond motifs is 2. The Morgan fingerprint density at radius 2 is 1.89 bits per heavy atom. The third kappa shape index (κ3) is 3.14. The van der Waals surface area contributed by atoms with Crippen molar-refractivity contribution in [2.45, 2.75) is 12.2 Å². The number of hydrogen-bond donors (Lipinski definition) is 0. The average Bonchev–Trinajstić information content (AvgIpc) is 3.26. The smallest absolute Gasteiger partial charge is 0.292 e. The molecule has 0 atom stereocenters. The molecule has 2 aromatic carbocycles. The first-order valence-electron chi connectivity index (χ1n) is 8.81. The number of carbonyl (C=O) groups excluding carboxylic acids is 1. The maximum atomic E-state index is 13.0. The van der Waals surface area contributed by atoms with Crippen LogP contribution in [0.4, 0.5) is 5.69 Å². The third-order valence-electron chi connectivity index (χ3n) is 4.68. The molecule has 2 aliphatic heterocycles. The highest BCUT2D eigenvalue weighted by molar-refractivity contribution is 6.31. The summed E-state index contributed by atoms with van der Waals surface area (Å²) in [4.78, 5) is 14.7. The number of halogens is 1. The molecule has 4 rings (SSSR count). The molecule has 2 aromatic rings. The highest BCUT2D eigenvalue weighted by atomic mass is 35.5. The second-order valence-corrected chi connectivity index (χ2v) is 6.72. The second-order valence-electron chi connectivity index (χ2n) is 6.28. The van der Waals surface area contributed by atoms with Crippen molar-refractivity contribution in [3.8, 4) is 11.5 Å². The van der Waals surface area contributed by atoms with Crippen LogP contribution >= 0.6 is 11.6 Å². The average molecular weight is 390 g/mol. The Hall–Kier alpha value is -2.28. The fourth-order valence-corrected chi connectivity index (χ4v) is 3.64. The predicted octanol–water partition coefficient (Wildman–Crippen LogP) is 3.36. The van der Waals surface area contributed by atoms with Crippen LogP contribution in [0.25, 0.3) is 0 Å². The van der Waals surface area contributed by atoms with Gasteiger partial charge in [0.1, 0.15) is 0 Å². The highest BCUT2D eigenvalue weighted by Gasteiger charge is 2.55. The summed E-state index contributed by atoms with van der Waals surface area (Å²) in [7, 11) is 1.61. The van der Waals surface area contributed by atoms with E-state index in [1.54, 1.807) is 24.1 Å². The van der Waals surface area contributed by atoms with Gasteiger partial charge >= 0.3 is 0 Å². The number of ether oxygens (including phenoxy) is 4. The molecular weight excluding hydrogens is 370 g/mol. The zero-order valence-electron chi connectivity index (χ0n) is 14.9. The van der Waals surface area contributed by atoms with Gasteiger partial charge in [0.25, 0.3) is 11.7 Å². The Morgan fingerprint density at radius 1 is 1.15 bits per heavy atom. The Labute approximate surface area is 162 Å². The molecule has 0 aromatic heterocycles. The van der Waals surface area contributed by atoms with E-state index >= 15 is 0 Å². The molecule has 1 saturated heterocycles. The van der Waals surface area contributed by atoms with Crippen LogP contribution in [0.3, 0.4) is 0 Å². The van der Waals surface area contributed by atoms with Crippen LogP contribution in [0.15, 0.2) is 42.5 Å². The SMILES string of the molecule is COc1ccccc1OCCCN1C(=O)C2(OCCO2)c2cc(Cl)ccc21. The monoisotopic (exact) mass is 389 g/mol. The van der Waals surface area contributed by atoms with Crippen molar-refractivity contribution >= 4 is 23.2 Å². The molecule has 6 nitrogen and oxygen atoms in total. The number of nitrogens with zero attached hydrogens (tertiary/aromatic N) is 1. The molecule has 142 valence electrons. The van der Waals surface area contributed by atoms with Crippen molar-refractivity contribution < 1.29 is 23.7 Å². The number of amides is 1. The van der Waals surface area contributed by atoms with Crippen molar-refractivity contribution in [1.82, 2.24) is 0 Å². The first-order chi connectivity index (χ1) is 13.2. The Kier molecular flexibility index (Phi) is 4.95. The molecule has 0 unspecified atom stereocenters. The first-order valence-corrected chi connectivity index (χ1v) is 9.19. The number of rotatable bonds is 6. The molecule has 1 fully saturated rings. The van der Waals surface area contributed by atoms with Crippen LogP contribution < -0.4 is 14.4 Å². The lowest BCUT2D eigenvalue weighted by atomic mass is 10.1. The summed E-state index contributed by atoms with van der Waals surface area (Å²) in [6.07, 6.45) is 0.641. The highest BCUT2D eigenvalue weighted by Crippen LogP contribution is 2.46. The molecule has 27 heavy (non-hydrogen) atoms. The summed E-state index contributed by atoms with van der Waals surface area (Å²) in [6.45, 7) is 1.68. The van der Waals surface area contributed by atoms with E-state index in [1.807, 2.05) is 30.3 Å². The largest absolute Gasteiger partial charge is 0.493 e. The Morgan fingerprint density at radius 3 is 2.63 bits per heavy atom. The quantitative estimate of drug-likeness (QED) is 0.709. The number of benzene rings is 2. The van der Waals surface area contributed by atoms with Gasteiger partial charge in [0.15, 0.2) is 11.5 Å². The van der Waals surface area contributed by atoms with Crippen molar-refractivity contribution in [3.63, 3.8) is 0 Å². The van der Waals surface area contributed by atoms with E-state index in [2.05, 4.69) is 0 Å². The minimum Gasteiger partial charge on any atom is -0.493 e. The molecule has 0 aliphatic carbocycles. The van der Waals surface area contributed by atoms with Gasteiger partial charge in [-0.15, -0.1) is 0 Å². The maximum absolute atomic E-state index is 13.0. The van der Waals surface area contributed by atoms with E-state index in [1.165, 1.54) is 0 Å². The van der Waals surface area contributed by atoms with Crippen molar-refractivity contribution in [1.29, 1.82) is 0 Å². The number of anilines is 1. The molecule has 2 aliphatic rings. The number of methoxy groups -OCH3 is 1. The molecular formula is C20H20ClNO5. The Bertz CT molecular complexity index is 850. The van der Waals surface area contributed by atoms with Gasteiger partial charge < -0.3 is 23.8 Å². The van der Waals surface area contributed by atoms with E-state index in [0.29, 0.717) is 54.9 Å². The van der Waals surface area contributed by atoms with Gasteiger partial charge in [0, 0.05) is 17.1 Å². The van der Waals surface area contributed by atoms with Gasteiger partial charge in [-0.2, -0.15) is 0 Å². The lowest BCUT2D eigenvalue weighted by Gasteiger charge is -2.22. The molecule has 1 amide bonds. The molecule has 0 saturated carbocycles. The zero-order valence-corrected chi connectivity index (χ0v) is 15.7. The predicted molar refractivity (Wildman–Crippen MR) is 100 cm³/mol. The van der Waals surface area contributed by atoms with Crippen molar-refractivity contribution in [2.24, 2.45) is 0 Å². The number of carbonyl (C=O) groups is 1. The summed E-state index contributed by atoms with van der Waals surface area (Å²) < 4.78 is 22.5. The van der Waals surface area contributed by atoms with Gasteiger partial charge in [0.2, 0.25) is 0 Å². The summed E-state index contributed by atoms with van der Waals surface area (Å²) in [6, 6.07) is 12.8. The lowest BCUT2D eigenvalue weighted by molar-refractivity contribution is -0.180. The van der Waals surface area contributed by atoms with Crippen LogP contribution in [0.5, 0.6) is 11.5 Å². The molecule has 1 spiro atoms. The van der Waals surface area contributed by atoms with Crippen molar-refractivity contribution in [3.05, 3.63) is 53.1 Å². The van der Waals surface area contributed by atoms with Gasteiger partial charge in [-0.3, -0.25) is 4.79 Å². The molecule has 0 N–H and O–H groups in total. The maximum Gasteiger partial charge on any atom is 0.292 e. The fourth-order valence-electron chi connectivity index (χ4n) is 3.47. The van der Waals surface area contributed by atoms with Crippen LogP contribution in [0.2, 0.25) is 5.02 Å². The van der Waals surface area contributed by atoms with Crippen LogP contribution in [-0.2, 0) is 20.1 Å². The summed E-state index contributed by atoms with van der Waals surface area (Å²) >= 11 is 6.13. The van der Waals surface area contributed by atoms with Gasteiger partial charge in [0.05, 0.1) is 32.6 Å². The summed E-state index contributed by atoms with van der Waals surface area (Å²) in [5.74, 6) is -0.209. The summed E-state index contributed by atoms with van der Waals surface area (Å²) in [5.41, 5.74) is 1.44. The molecule has 7 heteroatoms. The minimum atomic E-state index is -1.36. The van der Waals surface area contributed by atoms with Crippen LogP contribution in [0.1, 0.15) is 12.0 Å². The van der Waals surface area contributed by atoms with Gasteiger partial charge in [-0.25, -0.2) is 0 Å². The van der Waals surface area contributed by atoms with Crippen molar-refractivity contribution in [2.75, 3.05) is 38.4 Å². The standard InChI is InChI=1S/C20H20ClNO5/c1-24-17-5-2-3-6-18(17)25-10-4-9-22-16-8-7-14(21)13-15(16)20(19(22)23)26-11-12-27-20/h2-3,5-8,13H,4,9-12H2,1H3. The van der Waals surface area contributed by atoms with Crippen LogP contribution in [0, 0.1) is 0 Å². The molecule has 0 bridgehead atoms. The van der Waals surface area contributed by atoms with Gasteiger partial charge in [-0.1, -0.05) is 23.7 Å². The van der Waals surface area contributed by atoms with E-state index in [9.17, 15) is 4.79 Å². The van der Waals surface area contributed by atoms with Crippen LogP contribution in [-0.4, -0.2) is 39.4 Å². The minimum absolute atomic E-state index is 0.213. The van der Waals surface area contributed by atoms with Gasteiger partial charge in [-0.05, 0) is 36.8 Å². The number of hydrogen-bond acceptors (Lipinski definition) is 5. The van der Waals surface area contributed by atoms with E-state index < -0.39 is 5.79 Å². The fraction of sp³-hybridized carbons (Fsp3) is 0.350. The Balaban J connectivity index is 1.46. The zero-order chi connectivity index (χ0) is 18.9. The topological polar surface area (TPSA) is 57.2 Å². The normalized spacial score (nSPS) is 17.4. The van der Waals surface area contributed by atoms with E-state index in [-0.39, 0.29) is 5.91 Å². The second kappa shape index (κ2) is 7.38. The number of para-hydroxylation sites is 2.